The van der Waals surface area contributed by atoms with Gasteiger partial charge in [-0.05, 0) is 6.07 Å². The first-order chi connectivity index (χ1) is 11.1. The maximum atomic E-state index is 10.9. The molecule has 1 aromatic heterocycles. The summed E-state index contributed by atoms with van der Waals surface area (Å²) in [5.74, 6) is 2.00. The summed E-state index contributed by atoms with van der Waals surface area (Å²) in [6, 6.07) is 4.23. The van der Waals surface area contributed by atoms with E-state index in [1.165, 1.54) is 33.6 Å². The molecule has 1 heterocycles. The molecule has 0 saturated carbocycles. The quantitative estimate of drug-likeness (QED) is 0.741. The lowest BCUT2D eigenvalue weighted by Gasteiger charge is -2.14. The Kier molecular flexibility index (Phi) is 5.03. The summed E-state index contributed by atoms with van der Waals surface area (Å²) in [6.07, 6.45) is 1.48. The van der Waals surface area contributed by atoms with Crippen molar-refractivity contribution >= 4 is 23.5 Å². The summed E-state index contributed by atoms with van der Waals surface area (Å²) in [6.45, 7) is 0. The third-order valence-corrected chi connectivity index (χ3v) is 2.83. The van der Waals surface area contributed by atoms with Gasteiger partial charge in [-0.2, -0.15) is 4.98 Å². The number of nitrogens with one attached hydrogen (secondary N) is 2. The number of nitrogens with zero attached hydrogens (tertiary/aromatic N) is 2. The van der Waals surface area contributed by atoms with E-state index in [0.717, 1.165) is 0 Å². The molecule has 4 N–H and O–H groups in total. The molecule has 122 valence electrons. The van der Waals surface area contributed by atoms with Crippen LogP contribution in [0, 0.1) is 0 Å². The van der Waals surface area contributed by atoms with Crippen LogP contribution in [0.2, 0.25) is 0 Å². The zero-order valence-electron chi connectivity index (χ0n) is 12.9. The maximum Gasteiger partial charge on any atom is 0.317 e. The van der Waals surface area contributed by atoms with Gasteiger partial charge < -0.3 is 25.3 Å². The Hall–Kier alpha value is -3.23. The molecule has 0 aliphatic rings. The molecule has 9 nitrogen and oxygen atoms in total. The van der Waals surface area contributed by atoms with Crippen molar-refractivity contribution in [1.29, 1.82) is 0 Å². The molecule has 0 radical (unpaired) electrons. The second-order valence-corrected chi connectivity index (χ2v) is 4.29. The van der Waals surface area contributed by atoms with Crippen LogP contribution >= 0.6 is 0 Å². The highest BCUT2D eigenvalue weighted by molar-refractivity contribution is 5.86. The zero-order valence-corrected chi connectivity index (χ0v) is 12.9. The fraction of sp³-hybridized carbons (Fsp3) is 0.214. The van der Waals surface area contributed by atoms with E-state index in [2.05, 4.69) is 20.6 Å². The number of aromatic nitrogens is 2. The lowest BCUT2D eigenvalue weighted by Crippen LogP contribution is -2.20. The van der Waals surface area contributed by atoms with Crippen LogP contribution in [0.5, 0.6) is 17.2 Å². The van der Waals surface area contributed by atoms with Gasteiger partial charge in [0.1, 0.15) is 5.82 Å². The van der Waals surface area contributed by atoms with Gasteiger partial charge in [-0.25, -0.2) is 9.78 Å². The second kappa shape index (κ2) is 7.16. The molecule has 23 heavy (non-hydrogen) atoms. The van der Waals surface area contributed by atoms with E-state index in [0.29, 0.717) is 22.9 Å². The van der Waals surface area contributed by atoms with Crippen LogP contribution in [0.4, 0.5) is 22.2 Å². The Labute approximate surface area is 132 Å². The molecule has 0 atom stereocenters. The number of benzene rings is 1. The summed E-state index contributed by atoms with van der Waals surface area (Å²) in [5, 5.41) is 5.36. The maximum absolute atomic E-state index is 10.9. The van der Waals surface area contributed by atoms with E-state index >= 15 is 0 Å². The normalized spacial score (nSPS) is 9.87. The highest BCUT2D eigenvalue weighted by atomic mass is 16.5. The van der Waals surface area contributed by atoms with Crippen LogP contribution in [0.25, 0.3) is 0 Å². The van der Waals surface area contributed by atoms with Crippen molar-refractivity contribution in [1.82, 2.24) is 9.97 Å². The summed E-state index contributed by atoms with van der Waals surface area (Å²) < 4.78 is 15.8. The van der Waals surface area contributed by atoms with E-state index in [9.17, 15) is 4.79 Å². The third kappa shape index (κ3) is 3.90. The van der Waals surface area contributed by atoms with E-state index in [-0.39, 0.29) is 11.8 Å². The van der Waals surface area contributed by atoms with Crippen LogP contribution in [-0.2, 0) is 0 Å². The van der Waals surface area contributed by atoms with Gasteiger partial charge in [-0.15, -0.1) is 0 Å². The Balaban J connectivity index is 2.31. The average molecular weight is 319 g/mol. The Morgan fingerprint density at radius 1 is 1.13 bits per heavy atom. The summed E-state index contributed by atoms with van der Waals surface area (Å²) in [7, 11) is 4.57. The van der Waals surface area contributed by atoms with E-state index in [1.807, 2.05) is 0 Å². The molecule has 2 amide bonds. The van der Waals surface area contributed by atoms with Gasteiger partial charge >= 0.3 is 6.03 Å². The number of carbonyl (C=O) groups is 1. The van der Waals surface area contributed by atoms with Crippen LogP contribution < -0.4 is 30.6 Å². The Morgan fingerprint density at radius 2 is 1.78 bits per heavy atom. The number of primary amides is 1. The molecule has 0 bridgehead atoms. The van der Waals surface area contributed by atoms with Crippen molar-refractivity contribution in [3.63, 3.8) is 0 Å². The number of hydrogen-bond donors (Lipinski definition) is 3. The topological polar surface area (TPSA) is 121 Å². The SMILES string of the molecule is COc1cc(Nc2nccc(NC(N)=O)n2)cc(OC)c1OC. The summed E-state index contributed by atoms with van der Waals surface area (Å²) >= 11 is 0. The van der Waals surface area contributed by atoms with E-state index in [4.69, 9.17) is 19.9 Å². The molecule has 0 fully saturated rings. The van der Waals surface area contributed by atoms with Crippen molar-refractivity contribution < 1.29 is 19.0 Å². The van der Waals surface area contributed by atoms with Gasteiger partial charge in [-0.3, -0.25) is 5.32 Å². The molecule has 2 aromatic rings. The van der Waals surface area contributed by atoms with Gasteiger partial charge in [0.15, 0.2) is 11.5 Å². The number of nitrogens with two attached hydrogens (primary N) is 1. The highest BCUT2D eigenvalue weighted by Crippen LogP contribution is 2.40. The second-order valence-electron chi connectivity index (χ2n) is 4.29. The van der Waals surface area contributed by atoms with E-state index in [1.54, 1.807) is 12.1 Å². The lowest BCUT2D eigenvalue weighted by molar-refractivity contribution is 0.259. The molecule has 9 heteroatoms. The van der Waals surface area contributed by atoms with Crippen molar-refractivity contribution in [3.05, 3.63) is 24.4 Å². The zero-order chi connectivity index (χ0) is 16.8. The van der Waals surface area contributed by atoms with E-state index < -0.39 is 6.03 Å². The minimum absolute atomic E-state index is 0.269. The Morgan fingerprint density at radius 3 is 2.30 bits per heavy atom. The Bertz CT molecular complexity index is 682. The van der Waals surface area contributed by atoms with Crippen molar-refractivity contribution in [2.45, 2.75) is 0 Å². The lowest BCUT2D eigenvalue weighted by atomic mass is 10.2. The van der Waals surface area contributed by atoms with Gasteiger partial charge in [0.2, 0.25) is 11.7 Å². The standard InChI is InChI=1S/C14H17N5O4/c1-21-9-6-8(7-10(22-2)12(9)23-3)17-14-16-5-4-11(19-14)18-13(15)20/h4-7H,1-3H3,(H4,15,16,17,18,19,20). The predicted octanol–water partition coefficient (Wildman–Crippen LogP) is 1.74. The fourth-order valence-electron chi connectivity index (χ4n) is 1.90. The number of carbonyl (C=O) groups excluding carboxylic acids is 1. The van der Waals surface area contributed by atoms with Crippen molar-refractivity contribution in [3.8, 4) is 17.2 Å². The van der Waals surface area contributed by atoms with Crippen molar-refractivity contribution in [2.24, 2.45) is 5.73 Å². The largest absolute Gasteiger partial charge is 0.493 e. The van der Waals surface area contributed by atoms with Crippen molar-refractivity contribution in [2.75, 3.05) is 32.0 Å². The smallest absolute Gasteiger partial charge is 0.317 e. The van der Waals surface area contributed by atoms with Gasteiger partial charge in [0, 0.05) is 24.0 Å². The molecular weight excluding hydrogens is 302 g/mol. The third-order valence-electron chi connectivity index (χ3n) is 2.83. The molecule has 1 aromatic carbocycles. The van der Waals surface area contributed by atoms with Gasteiger partial charge in [0.05, 0.1) is 21.3 Å². The van der Waals surface area contributed by atoms with Gasteiger partial charge in [-0.1, -0.05) is 0 Å². The highest BCUT2D eigenvalue weighted by Gasteiger charge is 2.14. The number of anilines is 3. The molecule has 2 rings (SSSR count). The molecule has 0 aliphatic heterocycles. The number of methoxy groups -OCH3 is 3. The number of amides is 2. The molecule has 0 spiro atoms. The summed E-state index contributed by atoms with van der Waals surface area (Å²) in [4.78, 5) is 19.0. The monoisotopic (exact) mass is 319 g/mol. The predicted molar refractivity (Wildman–Crippen MR) is 84.6 cm³/mol. The van der Waals surface area contributed by atoms with Crippen LogP contribution in [0.15, 0.2) is 24.4 Å². The first kappa shape index (κ1) is 16.1. The number of urea groups is 1. The molecule has 0 saturated heterocycles. The average Bonchev–Trinajstić information content (AvgIpc) is 2.53. The minimum Gasteiger partial charge on any atom is -0.493 e. The molecular formula is C14H17N5O4. The number of rotatable bonds is 6. The number of hydrogen-bond acceptors (Lipinski definition) is 7. The first-order valence-corrected chi connectivity index (χ1v) is 6.54. The van der Waals surface area contributed by atoms with Crippen LogP contribution in [-0.4, -0.2) is 37.3 Å². The van der Waals surface area contributed by atoms with Crippen LogP contribution in [0.3, 0.4) is 0 Å². The van der Waals surface area contributed by atoms with Crippen LogP contribution in [0.1, 0.15) is 0 Å². The molecule has 0 aliphatic carbocycles. The molecule has 0 unspecified atom stereocenters. The summed E-state index contributed by atoms with van der Waals surface area (Å²) in [5.41, 5.74) is 5.68. The first-order valence-electron chi connectivity index (χ1n) is 6.54. The fourth-order valence-corrected chi connectivity index (χ4v) is 1.90. The van der Waals surface area contributed by atoms with Gasteiger partial charge in [0.25, 0.3) is 0 Å². The minimum atomic E-state index is -0.706. The number of ether oxygens (including phenoxy) is 3.